The van der Waals surface area contributed by atoms with Gasteiger partial charge >= 0.3 is 5.97 Å². The number of carbonyl (C=O) groups is 2. The average molecular weight is 625 g/mol. The van der Waals surface area contributed by atoms with Crippen molar-refractivity contribution in [3.63, 3.8) is 0 Å². The van der Waals surface area contributed by atoms with E-state index >= 15 is 0 Å². The molecule has 0 radical (unpaired) electrons. The van der Waals surface area contributed by atoms with E-state index < -0.39 is 11.9 Å². The van der Waals surface area contributed by atoms with Crippen LogP contribution in [0.25, 0.3) is 10.8 Å². The monoisotopic (exact) mass is 623 g/mol. The normalized spacial score (nSPS) is 13.2. The minimum atomic E-state index is -0.579. The number of likely N-dealkylation sites (tertiary alicyclic amines) is 1. The summed E-state index contributed by atoms with van der Waals surface area (Å²) in [5, 5.41) is 12.1. The van der Waals surface area contributed by atoms with Crippen LogP contribution in [0.3, 0.4) is 0 Å². The van der Waals surface area contributed by atoms with Crippen LogP contribution in [0.5, 0.6) is 5.75 Å². The Morgan fingerprint density at radius 2 is 1.56 bits per heavy atom. The standard InChI is InChI=1S/C28H33N7O3.3ClH/c29-25(36)17-23-22-10-6-20(26(30)31)16-19(22)7-11-24(23)38-27(37)18-4-8-21(9-5-18)34-28(32)33-12-15-35-13-2-1-3-14-35;;;/h4-11,16H,1-3,12-15,17H2,(H2,29,36)(H3,30,31)(H3,32,33,34);3*1H. The summed E-state index contributed by atoms with van der Waals surface area (Å²) in [6.45, 7) is 3.74. The van der Waals surface area contributed by atoms with Gasteiger partial charge in [-0.15, -0.1) is 37.2 Å². The molecule has 3 aromatic carbocycles. The molecule has 41 heavy (non-hydrogen) atoms. The second kappa shape index (κ2) is 16.6. The maximum atomic E-state index is 12.9. The fourth-order valence-electron chi connectivity index (χ4n) is 4.52. The predicted octanol–water partition coefficient (Wildman–Crippen LogP) is 3.85. The lowest BCUT2D eigenvalue weighted by molar-refractivity contribution is -0.117. The van der Waals surface area contributed by atoms with Gasteiger partial charge in [-0.05, 0) is 73.1 Å². The van der Waals surface area contributed by atoms with Crippen LogP contribution in [0, 0.1) is 5.41 Å². The highest BCUT2D eigenvalue weighted by molar-refractivity contribution is 6.01. The Morgan fingerprint density at radius 3 is 2.20 bits per heavy atom. The second-order valence-corrected chi connectivity index (χ2v) is 9.30. The Balaban J connectivity index is 0.00000280. The van der Waals surface area contributed by atoms with Gasteiger partial charge in [0.1, 0.15) is 11.6 Å². The van der Waals surface area contributed by atoms with Crippen molar-refractivity contribution >= 4 is 77.4 Å². The molecule has 0 aromatic heterocycles. The lowest BCUT2D eigenvalue weighted by Crippen LogP contribution is -2.32. The molecule has 8 N–H and O–H groups in total. The Morgan fingerprint density at radius 1 is 0.902 bits per heavy atom. The van der Waals surface area contributed by atoms with E-state index in [0.29, 0.717) is 40.3 Å². The molecule has 1 heterocycles. The number of piperidine rings is 1. The molecule has 10 nitrogen and oxygen atoms in total. The molecule has 0 aliphatic carbocycles. The predicted molar refractivity (Wildman–Crippen MR) is 171 cm³/mol. The SMILES string of the molecule is Cl.Cl.Cl.N=C(N)c1ccc2c(CC(N)=O)c(OC(=O)c3ccc(NC(N)=NCCN4CCCCC4)cc3)ccc2c1. The number of carbonyl (C=O) groups excluding carboxylic acids is 2. The van der Waals surface area contributed by atoms with Gasteiger partial charge in [0.15, 0.2) is 5.96 Å². The fraction of sp³-hybridized carbons (Fsp3) is 0.286. The van der Waals surface area contributed by atoms with Crippen molar-refractivity contribution in [1.82, 2.24) is 4.90 Å². The van der Waals surface area contributed by atoms with Crippen molar-refractivity contribution < 1.29 is 14.3 Å². The van der Waals surface area contributed by atoms with Gasteiger partial charge in [-0.2, -0.15) is 0 Å². The highest BCUT2D eigenvalue weighted by Gasteiger charge is 2.17. The van der Waals surface area contributed by atoms with E-state index in [-0.39, 0.29) is 55.2 Å². The van der Waals surface area contributed by atoms with Crippen LogP contribution in [0.2, 0.25) is 0 Å². The summed E-state index contributed by atoms with van der Waals surface area (Å²) in [5.74, 6) is -0.648. The first-order chi connectivity index (χ1) is 18.3. The van der Waals surface area contributed by atoms with E-state index in [2.05, 4.69) is 15.2 Å². The van der Waals surface area contributed by atoms with Gasteiger partial charge in [-0.3, -0.25) is 15.2 Å². The maximum absolute atomic E-state index is 12.9. The minimum Gasteiger partial charge on any atom is -0.423 e. The topological polar surface area (TPSA) is 173 Å². The summed E-state index contributed by atoms with van der Waals surface area (Å²) in [7, 11) is 0. The van der Waals surface area contributed by atoms with Gasteiger partial charge in [0.05, 0.1) is 18.5 Å². The molecule has 0 unspecified atom stereocenters. The molecule has 1 saturated heterocycles. The fourth-order valence-corrected chi connectivity index (χ4v) is 4.52. The number of esters is 1. The highest BCUT2D eigenvalue weighted by atomic mass is 35.5. The van der Waals surface area contributed by atoms with Crippen molar-refractivity contribution in [2.45, 2.75) is 25.7 Å². The number of benzene rings is 3. The van der Waals surface area contributed by atoms with Gasteiger partial charge in [-0.25, -0.2) is 4.79 Å². The average Bonchev–Trinajstić information content (AvgIpc) is 2.90. The summed E-state index contributed by atoms with van der Waals surface area (Å²) in [6, 6.07) is 15.2. The Bertz CT molecular complexity index is 1380. The van der Waals surface area contributed by atoms with Crippen molar-refractivity contribution in [3.8, 4) is 5.75 Å². The van der Waals surface area contributed by atoms with Gasteiger partial charge < -0.3 is 32.2 Å². The first kappa shape index (κ1) is 35.5. The third-order valence-electron chi connectivity index (χ3n) is 6.49. The Kier molecular flexibility index (Phi) is 14.4. The molecule has 13 heteroatoms. The number of hydrogen-bond acceptors (Lipinski definition) is 6. The number of anilines is 1. The smallest absolute Gasteiger partial charge is 0.343 e. The zero-order chi connectivity index (χ0) is 27.1. The Hall–Kier alpha value is -3.57. The third-order valence-corrected chi connectivity index (χ3v) is 6.49. The number of nitrogens with one attached hydrogen (secondary N) is 2. The molecule has 0 saturated carbocycles. The highest BCUT2D eigenvalue weighted by Crippen LogP contribution is 2.30. The number of guanidine groups is 1. The zero-order valence-corrected chi connectivity index (χ0v) is 24.9. The van der Waals surface area contributed by atoms with Gasteiger partial charge in [0, 0.05) is 23.4 Å². The van der Waals surface area contributed by atoms with Gasteiger partial charge in [0.2, 0.25) is 5.91 Å². The summed E-state index contributed by atoms with van der Waals surface area (Å²) in [4.78, 5) is 31.5. The lowest BCUT2D eigenvalue weighted by Gasteiger charge is -2.25. The van der Waals surface area contributed by atoms with Crippen LogP contribution in [-0.2, 0) is 11.2 Å². The van der Waals surface area contributed by atoms with Crippen LogP contribution in [0.15, 0.2) is 59.6 Å². The first-order valence-electron chi connectivity index (χ1n) is 12.6. The van der Waals surface area contributed by atoms with E-state index in [1.165, 1.54) is 19.3 Å². The van der Waals surface area contributed by atoms with Gasteiger partial charge in [-0.1, -0.05) is 24.6 Å². The maximum Gasteiger partial charge on any atom is 0.343 e. The quantitative estimate of drug-likeness (QED) is 0.104. The molecule has 0 atom stereocenters. The number of amidine groups is 1. The molecule has 3 aromatic rings. The van der Waals surface area contributed by atoms with Crippen molar-refractivity contribution in [3.05, 3.63) is 71.3 Å². The van der Waals surface area contributed by atoms with E-state index in [9.17, 15) is 9.59 Å². The molecule has 0 bridgehead atoms. The molecular weight excluding hydrogens is 589 g/mol. The number of aliphatic imine (C=N–C) groups is 1. The Labute approximate surface area is 257 Å². The van der Waals surface area contributed by atoms with Crippen LogP contribution in [-0.4, -0.2) is 54.8 Å². The summed E-state index contributed by atoms with van der Waals surface area (Å²) < 4.78 is 5.66. The molecule has 1 aliphatic rings. The van der Waals surface area contributed by atoms with Crippen molar-refractivity contribution in [2.75, 3.05) is 31.5 Å². The van der Waals surface area contributed by atoms with Crippen LogP contribution in [0.4, 0.5) is 5.69 Å². The van der Waals surface area contributed by atoms with E-state index in [4.69, 9.17) is 27.3 Å². The van der Waals surface area contributed by atoms with E-state index in [1.54, 1.807) is 54.6 Å². The first-order valence-corrected chi connectivity index (χ1v) is 12.6. The minimum absolute atomic E-state index is 0. The number of ether oxygens (including phenoxy) is 1. The second-order valence-electron chi connectivity index (χ2n) is 9.30. The molecular formula is C28H36Cl3N7O3. The summed E-state index contributed by atoms with van der Waals surface area (Å²) in [6.07, 6.45) is 3.66. The zero-order valence-electron chi connectivity index (χ0n) is 22.4. The molecule has 222 valence electrons. The largest absolute Gasteiger partial charge is 0.423 e. The lowest BCUT2D eigenvalue weighted by atomic mass is 9.98. The molecule has 1 fully saturated rings. The molecule has 0 spiro atoms. The van der Waals surface area contributed by atoms with Crippen molar-refractivity contribution in [1.29, 1.82) is 5.41 Å². The third kappa shape index (κ3) is 9.79. The van der Waals surface area contributed by atoms with Crippen LogP contribution in [0.1, 0.15) is 40.7 Å². The number of nitrogens with zero attached hydrogens (tertiary/aromatic N) is 2. The number of halogens is 3. The molecule has 1 amide bonds. The van der Waals surface area contributed by atoms with Crippen LogP contribution >= 0.6 is 37.2 Å². The van der Waals surface area contributed by atoms with Gasteiger partial charge in [0.25, 0.3) is 0 Å². The molecule has 4 rings (SSSR count). The summed E-state index contributed by atoms with van der Waals surface area (Å²) in [5.41, 5.74) is 19.1. The van der Waals surface area contributed by atoms with Crippen LogP contribution < -0.4 is 27.3 Å². The number of nitrogens with two attached hydrogens (primary N) is 3. The number of hydrogen-bond donors (Lipinski definition) is 5. The van der Waals surface area contributed by atoms with E-state index in [1.807, 2.05) is 0 Å². The number of nitrogen functional groups attached to an aromatic ring is 1. The number of amides is 1. The van der Waals surface area contributed by atoms with Crippen molar-refractivity contribution in [2.24, 2.45) is 22.2 Å². The van der Waals surface area contributed by atoms with E-state index in [0.717, 1.165) is 25.0 Å². The number of primary amides is 1. The molecule has 1 aliphatic heterocycles. The number of fused-ring (bicyclic) bond motifs is 1. The summed E-state index contributed by atoms with van der Waals surface area (Å²) >= 11 is 0. The number of rotatable bonds is 9.